The molecule has 1 aromatic carbocycles. The van der Waals surface area contributed by atoms with Crippen molar-refractivity contribution in [1.82, 2.24) is 10.2 Å². The fourth-order valence-electron chi connectivity index (χ4n) is 2.34. The number of benzene rings is 1. The first kappa shape index (κ1) is 21.9. The van der Waals surface area contributed by atoms with E-state index in [1.807, 2.05) is 19.0 Å². The van der Waals surface area contributed by atoms with Gasteiger partial charge in [0.15, 0.2) is 0 Å². The van der Waals surface area contributed by atoms with E-state index in [-0.39, 0.29) is 24.8 Å². The van der Waals surface area contributed by atoms with Gasteiger partial charge in [-0.3, -0.25) is 13.9 Å². The zero-order chi connectivity index (χ0) is 19.7. The normalized spacial score (nSPS) is 11.3. The first-order valence-electron chi connectivity index (χ1n) is 8.36. The maximum atomic E-state index is 12.1. The lowest BCUT2D eigenvalue weighted by atomic mass is 10.2. The van der Waals surface area contributed by atoms with Gasteiger partial charge in [0.05, 0.1) is 11.9 Å². The summed E-state index contributed by atoms with van der Waals surface area (Å²) in [4.78, 5) is 25.2. The molecule has 0 bridgehead atoms. The van der Waals surface area contributed by atoms with Crippen LogP contribution in [0.1, 0.15) is 19.8 Å². The smallest absolute Gasteiger partial charge is 0.232 e. The lowest BCUT2D eigenvalue weighted by Gasteiger charge is -2.23. The van der Waals surface area contributed by atoms with Gasteiger partial charge in [-0.05, 0) is 45.3 Å². The van der Waals surface area contributed by atoms with Gasteiger partial charge in [0.25, 0.3) is 0 Å². The average molecular weight is 385 g/mol. The Labute approximate surface area is 155 Å². The van der Waals surface area contributed by atoms with Gasteiger partial charge in [-0.25, -0.2) is 8.42 Å². The van der Waals surface area contributed by atoms with Crippen molar-refractivity contribution in [1.29, 1.82) is 0 Å². The van der Waals surface area contributed by atoms with Crippen LogP contribution in [0, 0.1) is 0 Å². The lowest BCUT2D eigenvalue weighted by Crippen LogP contribution is -2.35. The van der Waals surface area contributed by atoms with Crippen molar-refractivity contribution < 1.29 is 18.0 Å². The van der Waals surface area contributed by atoms with E-state index in [2.05, 4.69) is 10.6 Å². The van der Waals surface area contributed by atoms with Gasteiger partial charge in [-0.1, -0.05) is 6.07 Å². The van der Waals surface area contributed by atoms with Crippen molar-refractivity contribution in [2.75, 3.05) is 49.6 Å². The maximum absolute atomic E-state index is 12.1. The summed E-state index contributed by atoms with van der Waals surface area (Å²) in [6.07, 6.45) is 1.97. The number of carbonyl (C=O) groups excluding carboxylic acids is 2. The molecule has 0 unspecified atom stereocenters. The van der Waals surface area contributed by atoms with Gasteiger partial charge < -0.3 is 15.5 Å². The summed E-state index contributed by atoms with van der Waals surface area (Å²) in [6.45, 7) is 2.82. The van der Waals surface area contributed by atoms with E-state index < -0.39 is 10.0 Å². The minimum Gasteiger partial charge on any atom is -0.356 e. The second kappa shape index (κ2) is 10.1. The van der Waals surface area contributed by atoms with E-state index in [1.54, 1.807) is 24.3 Å². The number of nitrogens with zero attached hydrogens (tertiary/aromatic N) is 2. The zero-order valence-electron chi connectivity index (χ0n) is 15.8. The van der Waals surface area contributed by atoms with E-state index in [1.165, 1.54) is 6.92 Å². The molecule has 1 rings (SSSR count). The lowest BCUT2D eigenvalue weighted by molar-refractivity contribution is -0.120. The molecule has 1 aromatic rings. The van der Waals surface area contributed by atoms with Crippen LogP contribution >= 0.6 is 0 Å². The van der Waals surface area contributed by atoms with Gasteiger partial charge in [-0.15, -0.1) is 0 Å². The Morgan fingerprint density at radius 1 is 1.15 bits per heavy atom. The summed E-state index contributed by atoms with van der Waals surface area (Å²) >= 11 is 0. The zero-order valence-corrected chi connectivity index (χ0v) is 16.6. The van der Waals surface area contributed by atoms with Crippen molar-refractivity contribution >= 4 is 33.2 Å². The van der Waals surface area contributed by atoms with Crippen LogP contribution in [0.3, 0.4) is 0 Å². The molecule has 146 valence electrons. The van der Waals surface area contributed by atoms with Crippen LogP contribution in [0.2, 0.25) is 0 Å². The number of sulfonamides is 1. The minimum absolute atomic E-state index is 0.0296. The molecule has 0 aliphatic heterocycles. The number of anilines is 2. The topological polar surface area (TPSA) is 98.8 Å². The summed E-state index contributed by atoms with van der Waals surface area (Å²) in [6, 6.07) is 6.52. The molecular formula is C17H28N4O4S. The third kappa shape index (κ3) is 8.30. The summed E-state index contributed by atoms with van der Waals surface area (Å²) < 4.78 is 25.4. The molecule has 0 saturated heterocycles. The third-order valence-corrected chi connectivity index (χ3v) is 4.70. The molecule has 0 aliphatic carbocycles. The molecule has 0 spiro atoms. The Kier molecular flexibility index (Phi) is 8.53. The average Bonchev–Trinajstić information content (AvgIpc) is 2.50. The summed E-state index contributed by atoms with van der Waals surface area (Å²) in [7, 11) is 0.357. The fourth-order valence-corrected chi connectivity index (χ4v) is 3.26. The summed E-state index contributed by atoms with van der Waals surface area (Å²) in [5, 5.41) is 5.41. The SMILES string of the molecule is CC(=O)Nc1cccc(N(CCC(=O)NCCCN(C)C)S(C)(=O)=O)c1. The van der Waals surface area contributed by atoms with Gasteiger partial charge in [0.2, 0.25) is 21.8 Å². The molecule has 0 heterocycles. The summed E-state index contributed by atoms with van der Waals surface area (Å²) in [5.41, 5.74) is 0.899. The number of carbonyl (C=O) groups is 2. The maximum Gasteiger partial charge on any atom is 0.232 e. The van der Waals surface area contributed by atoms with Crippen LogP contribution in [-0.4, -0.2) is 65.1 Å². The molecule has 0 aromatic heterocycles. The van der Waals surface area contributed by atoms with E-state index in [9.17, 15) is 18.0 Å². The number of hydrogen-bond acceptors (Lipinski definition) is 5. The van der Waals surface area contributed by atoms with E-state index in [4.69, 9.17) is 0 Å². The standard InChI is InChI=1S/C17H28N4O4S/c1-14(22)19-15-7-5-8-16(13-15)21(26(4,24)25)12-9-17(23)18-10-6-11-20(2)3/h5,7-8,13H,6,9-12H2,1-4H3,(H,18,23)(H,19,22). The largest absolute Gasteiger partial charge is 0.356 e. The first-order valence-corrected chi connectivity index (χ1v) is 10.2. The van der Waals surface area contributed by atoms with Crippen LogP contribution in [0.5, 0.6) is 0 Å². The van der Waals surface area contributed by atoms with Crippen molar-refractivity contribution in [3.05, 3.63) is 24.3 Å². The molecule has 0 aliphatic rings. The number of amides is 2. The molecule has 26 heavy (non-hydrogen) atoms. The number of rotatable bonds is 10. The van der Waals surface area contributed by atoms with Gasteiger partial charge in [0, 0.05) is 32.1 Å². The van der Waals surface area contributed by atoms with Gasteiger partial charge in [-0.2, -0.15) is 0 Å². The van der Waals surface area contributed by atoms with Crippen molar-refractivity contribution in [3.63, 3.8) is 0 Å². The van der Waals surface area contributed by atoms with Gasteiger partial charge in [0.1, 0.15) is 0 Å². The first-order chi connectivity index (χ1) is 12.1. The predicted octanol–water partition coefficient (Wildman–Crippen LogP) is 0.869. The molecule has 2 amide bonds. The fraction of sp³-hybridized carbons (Fsp3) is 0.529. The Balaban J connectivity index is 2.71. The van der Waals surface area contributed by atoms with E-state index in [0.717, 1.165) is 23.5 Å². The molecule has 8 nitrogen and oxygen atoms in total. The Bertz CT molecular complexity index is 719. The summed E-state index contributed by atoms with van der Waals surface area (Å²) in [5.74, 6) is -0.444. The van der Waals surface area contributed by atoms with Crippen molar-refractivity contribution in [2.45, 2.75) is 19.8 Å². The van der Waals surface area contributed by atoms with Crippen LogP contribution < -0.4 is 14.9 Å². The monoisotopic (exact) mass is 384 g/mol. The quantitative estimate of drug-likeness (QED) is 0.583. The van der Waals surface area contributed by atoms with E-state index in [0.29, 0.717) is 17.9 Å². The molecule has 0 saturated carbocycles. The molecule has 0 radical (unpaired) electrons. The minimum atomic E-state index is -3.56. The van der Waals surface area contributed by atoms with Crippen LogP contribution in [0.25, 0.3) is 0 Å². The van der Waals surface area contributed by atoms with Crippen LogP contribution in [0.4, 0.5) is 11.4 Å². The molecule has 0 fully saturated rings. The second-order valence-electron chi connectivity index (χ2n) is 6.32. The molecule has 9 heteroatoms. The van der Waals surface area contributed by atoms with Gasteiger partial charge >= 0.3 is 0 Å². The Hall–Kier alpha value is -2.13. The molecule has 0 atom stereocenters. The third-order valence-electron chi connectivity index (χ3n) is 3.50. The van der Waals surface area contributed by atoms with Crippen LogP contribution in [-0.2, 0) is 19.6 Å². The Morgan fingerprint density at radius 2 is 1.85 bits per heavy atom. The predicted molar refractivity (Wildman–Crippen MR) is 104 cm³/mol. The second-order valence-corrected chi connectivity index (χ2v) is 8.23. The highest BCUT2D eigenvalue weighted by Gasteiger charge is 2.19. The highest BCUT2D eigenvalue weighted by atomic mass is 32.2. The van der Waals surface area contributed by atoms with Crippen molar-refractivity contribution in [3.8, 4) is 0 Å². The highest BCUT2D eigenvalue weighted by molar-refractivity contribution is 7.92. The molecular weight excluding hydrogens is 356 g/mol. The molecule has 2 N–H and O–H groups in total. The number of nitrogens with one attached hydrogen (secondary N) is 2. The number of hydrogen-bond donors (Lipinski definition) is 2. The highest BCUT2D eigenvalue weighted by Crippen LogP contribution is 2.22. The van der Waals surface area contributed by atoms with E-state index >= 15 is 0 Å². The Morgan fingerprint density at radius 3 is 2.42 bits per heavy atom. The van der Waals surface area contributed by atoms with Crippen LogP contribution in [0.15, 0.2) is 24.3 Å². The van der Waals surface area contributed by atoms with Crippen molar-refractivity contribution in [2.24, 2.45) is 0 Å².